The molecule has 182 valence electrons. The van der Waals surface area contributed by atoms with E-state index < -0.39 is 11.7 Å². The fourth-order valence-electron chi connectivity index (χ4n) is 4.11. The average Bonchev–Trinajstić information content (AvgIpc) is 2.93. The lowest BCUT2D eigenvalue weighted by Gasteiger charge is -2.23. The molecule has 0 atom stereocenters. The predicted molar refractivity (Wildman–Crippen MR) is 128 cm³/mol. The summed E-state index contributed by atoms with van der Waals surface area (Å²) in [6.45, 7) is 12.2. The van der Waals surface area contributed by atoms with Gasteiger partial charge >= 0.3 is 6.18 Å². The van der Waals surface area contributed by atoms with E-state index in [9.17, 15) is 18.0 Å². The first-order valence-electron chi connectivity index (χ1n) is 11.2. The summed E-state index contributed by atoms with van der Waals surface area (Å²) in [7, 11) is 0. The van der Waals surface area contributed by atoms with Crippen LogP contribution < -0.4 is 4.90 Å². The van der Waals surface area contributed by atoms with E-state index in [0.29, 0.717) is 43.3 Å². The highest BCUT2D eigenvalue weighted by Crippen LogP contribution is 2.34. The summed E-state index contributed by atoms with van der Waals surface area (Å²) in [6, 6.07) is 2.44. The Morgan fingerprint density at radius 3 is 2.38 bits per heavy atom. The summed E-state index contributed by atoms with van der Waals surface area (Å²) in [5, 5.41) is 0.937. The SMILES string of the molecule is Cc1nc(C(C)(C)C)nc2sc(C(=O)N3CCCN(c4ccc(C(F)(F)F)cn4)CC3)c(C)c12. The van der Waals surface area contributed by atoms with E-state index in [0.717, 1.165) is 39.6 Å². The van der Waals surface area contributed by atoms with Gasteiger partial charge in [-0.3, -0.25) is 4.79 Å². The molecule has 0 saturated carbocycles. The highest BCUT2D eigenvalue weighted by Gasteiger charge is 2.31. The van der Waals surface area contributed by atoms with Gasteiger partial charge in [0, 0.05) is 43.2 Å². The second-order valence-corrected chi connectivity index (χ2v) is 10.7. The number of aryl methyl sites for hydroxylation is 2. The largest absolute Gasteiger partial charge is 0.417 e. The Labute approximate surface area is 200 Å². The zero-order valence-electron chi connectivity index (χ0n) is 20.0. The predicted octanol–water partition coefficient (Wildman–Crippen LogP) is 5.37. The van der Waals surface area contributed by atoms with E-state index in [1.165, 1.54) is 17.4 Å². The van der Waals surface area contributed by atoms with Gasteiger partial charge < -0.3 is 9.80 Å². The number of hydrogen-bond donors (Lipinski definition) is 0. The number of nitrogens with zero attached hydrogens (tertiary/aromatic N) is 5. The summed E-state index contributed by atoms with van der Waals surface area (Å²) in [6.07, 6.45) is -2.85. The fourth-order valence-corrected chi connectivity index (χ4v) is 5.31. The summed E-state index contributed by atoms with van der Waals surface area (Å²) in [5.41, 5.74) is 0.810. The number of amides is 1. The fraction of sp³-hybridized carbons (Fsp3) is 0.500. The van der Waals surface area contributed by atoms with Gasteiger partial charge in [-0.05, 0) is 38.0 Å². The van der Waals surface area contributed by atoms with Crippen LogP contribution in [0.25, 0.3) is 10.2 Å². The number of anilines is 1. The molecule has 1 aliphatic heterocycles. The molecule has 3 aromatic rings. The van der Waals surface area contributed by atoms with Gasteiger partial charge in [-0.15, -0.1) is 11.3 Å². The quantitative estimate of drug-likeness (QED) is 0.482. The van der Waals surface area contributed by atoms with Crippen molar-refractivity contribution in [1.82, 2.24) is 19.9 Å². The molecular formula is C24H28F3N5OS. The van der Waals surface area contributed by atoms with E-state index in [1.54, 1.807) is 0 Å². The summed E-state index contributed by atoms with van der Waals surface area (Å²) < 4.78 is 38.5. The van der Waals surface area contributed by atoms with Crippen molar-refractivity contribution in [3.8, 4) is 0 Å². The van der Waals surface area contributed by atoms with Crippen LogP contribution in [0.4, 0.5) is 19.0 Å². The van der Waals surface area contributed by atoms with Crippen LogP contribution in [0.3, 0.4) is 0 Å². The Kier molecular flexibility index (Phi) is 6.30. The van der Waals surface area contributed by atoms with Crippen LogP contribution in [0.15, 0.2) is 18.3 Å². The van der Waals surface area contributed by atoms with Gasteiger partial charge in [-0.25, -0.2) is 15.0 Å². The molecule has 0 bridgehead atoms. The maximum atomic E-state index is 13.5. The van der Waals surface area contributed by atoms with Gasteiger partial charge in [0.2, 0.25) is 0 Å². The van der Waals surface area contributed by atoms with E-state index in [2.05, 4.69) is 30.7 Å². The second kappa shape index (κ2) is 8.79. The number of rotatable bonds is 2. The lowest BCUT2D eigenvalue weighted by molar-refractivity contribution is -0.137. The highest BCUT2D eigenvalue weighted by molar-refractivity contribution is 7.20. The number of carbonyl (C=O) groups is 1. The van der Waals surface area contributed by atoms with Crippen LogP contribution in [0, 0.1) is 13.8 Å². The third-order valence-corrected chi connectivity index (χ3v) is 7.19. The Morgan fingerprint density at radius 1 is 1.03 bits per heavy atom. The highest BCUT2D eigenvalue weighted by atomic mass is 32.1. The van der Waals surface area contributed by atoms with E-state index in [4.69, 9.17) is 4.98 Å². The normalized spacial score (nSPS) is 15.6. The van der Waals surface area contributed by atoms with E-state index >= 15 is 0 Å². The zero-order valence-corrected chi connectivity index (χ0v) is 20.8. The van der Waals surface area contributed by atoms with Crippen LogP contribution in [-0.4, -0.2) is 51.9 Å². The van der Waals surface area contributed by atoms with Gasteiger partial charge in [0.05, 0.1) is 16.1 Å². The molecule has 0 N–H and O–H groups in total. The number of hydrogen-bond acceptors (Lipinski definition) is 6. The molecule has 1 fully saturated rings. The molecule has 4 heterocycles. The summed E-state index contributed by atoms with van der Waals surface area (Å²) >= 11 is 1.40. The second-order valence-electron chi connectivity index (χ2n) is 9.65. The Hall–Kier alpha value is -2.75. The minimum atomic E-state index is -4.41. The monoisotopic (exact) mass is 491 g/mol. The maximum absolute atomic E-state index is 13.5. The van der Waals surface area contributed by atoms with Gasteiger partial charge in [-0.1, -0.05) is 20.8 Å². The molecule has 1 amide bonds. The molecule has 0 aromatic carbocycles. The van der Waals surface area contributed by atoms with Crippen molar-refractivity contribution in [2.75, 3.05) is 31.1 Å². The third-order valence-electron chi connectivity index (χ3n) is 6.02. The minimum absolute atomic E-state index is 0.0422. The van der Waals surface area contributed by atoms with Crippen molar-refractivity contribution in [3.63, 3.8) is 0 Å². The number of pyridine rings is 1. The number of alkyl halides is 3. The van der Waals surface area contributed by atoms with E-state index in [1.807, 2.05) is 23.6 Å². The molecule has 0 aliphatic carbocycles. The van der Waals surface area contributed by atoms with Crippen LogP contribution in [0.5, 0.6) is 0 Å². The molecule has 0 unspecified atom stereocenters. The first-order valence-corrected chi connectivity index (χ1v) is 12.0. The molecule has 6 nitrogen and oxygen atoms in total. The molecule has 0 spiro atoms. The zero-order chi connectivity index (χ0) is 24.8. The van der Waals surface area contributed by atoms with Crippen LogP contribution in [0.1, 0.15) is 59.5 Å². The lowest BCUT2D eigenvalue weighted by Crippen LogP contribution is -2.35. The summed E-state index contributed by atoms with van der Waals surface area (Å²) in [4.78, 5) is 32.1. The lowest BCUT2D eigenvalue weighted by atomic mass is 9.95. The van der Waals surface area contributed by atoms with Crippen molar-refractivity contribution < 1.29 is 18.0 Å². The topological polar surface area (TPSA) is 62.2 Å². The average molecular weight is 492 g/mol. The van der Waals surface area contributed by atoms with Crippen molar-refractivity contribution >= 4 is 33.3 Å². The van der Waals surface area contributed by atoms with Gasteiger partial charge in [-0.2, -0.15) is 13.2 Å². The van der Waals surface area contributed by atoms with E-state index in [-0.39, 0.29) is 11.3 Å². The minimum Gasteiger partial charge on any atom is -0.355 e. The standard InChI is InChI=1S/C24H28F3N5OS/c1-14-18-15(2)29-22(23(3,4)5)30-20(18)34-19(14)21(33)32-10-6-9-31(11-12-32)17-8-7-16(13-28-17)24(25,26)27/h7-8,13H,6,9-12H2,1-5H3. The number of fused-ring (bicyclic) bond motifs is 1. The van der Waals surface area contributed by atoms with Crippen LogP contribution in [-0.2, 0) is 11.6 Å². The Bertz CT molecular complexity index is 1210. The van der Waals surface area contributed by atoms with Gasteiger partial charge in [0.1, 0.15) is 16.5 Å². The molecule has 34 heavy (non-hydrogen) atoms. The Balaban J connectivity index is 1.54. The maximum Gasteiger partial charge on any atom is 0.417 e. The summed E-state index contributed by atoms with van der Waals surface area (Å²) in [5.74, 6) is 1.20. The molecule has 1 saturated heterocycles. The van der Waals surface area contributed by atoms with Gasteiger partial charge in [0.15, 0.2) is 0 Å². The van der Waals surface area contributed by atoms with Gasteiger partial charge in [0.25, 0.3) is 5.91 Å². The first-order chi connectivity index (χ1) is 15.9. The number of carbonyl (C=O) groups excluding carboxylic acids is 1. The number of halogens is 3. The molecule has 1 aliphatic rings. The van der Waals surface area contributed by atoms with Crippen LogP contribution in [0.2, 0.25) is 0 Å². The number of aromatic nitrogens is 3. The Morgan fingerprint density at radius 2 is 1.76 bits per heavy atom. The molecule has 4 rings (SSSR count). The molecule has 3 aromatic heterocycles. The molecule has 0 radical (unpaired) electrons. The third kappa shape index (κ3) is 4.73. The van der Waals surface area contributed by atoms with Crippen molar-refractivity contribution in [2.24, 2.45) is 0 Å². The first kappa shape index (κ1) is 24.4. The smallest absolute Gasteiger partial charge is 0.355 e. The number of thiophene rings is 1. The van der Waals surface area contributed by atoms with Crippen molar-refractivity contribution in [2.45, 2.75) is 52.6 Å². The molecular weight excluding hydrogens is 463 g/mol. The van der Waals surface area contributed by atoms with Crippen molar-refractivity contribution in [3.05, 3.63) is 45.9 Å². The van der Waals surface area contributed by atoms with Crippen molar-refractivity contribution in [1.29, 1.82) is 0 Å². The molecule has 10 heteroatoms. The van der Waals surface area contributed by atoms with Crippen LogP contribution >= 0.6 is 11.3 Å².